The average molecular weight is 434 g/mol. The van der Waals surface area contributed by atoms with Gasteiger partial charge in [0.2, 0.25) is 5.91 Å². The molecule has 0 N–H and O–H groups in total. The molecule has 0 aliphatic carbocycles. The first-order valence-electron chi connectivity index (χ1n) is 11.6. The third kappa shape index (κ3) is 4.93. The molecule has 1 atom stereocenters. The first-order chi connectivity index (χ1) is 15.2. The zero-order valence-corrected chi connectivity index (χ0v) is 20.2. The Balaban J connectivity index is 2.24. The summed E-state index contributed by atoms with van der Waals surface area (Å²) in [6.07, 6.45) is 2.18. The third-order valence-electron chi connectivity index (χ3n) is 5.97. The zero-order valence-electron chi connectivity index (χ0n) is 20.2. The molecule has 0 bridgehead atoms. The van der Waals surface area contributed by atoms with Crippen LogP contribution in [0.25, 0.3) is 16.6 Å². The quantitative estimate of drug-likeness (QED) is 0.455. The number of aryl methyl sites for hydroxylation is 2. The molecule has 0 spiro atoms. The second-order valence-corrected chi connectivity index (χ2v) is 9.11. The van der Waals surface area contributed by atoms with Gasteiger partial charge in [0.25, 0.3) is 5.56 Å². The van der Waals surface area contributed by atoms with Crippen molar-refractivity contribution in [2.45, 2.75) is 66.8 Å². The van der Waals surface area contributed by atoms with E-state index in [1.165, 1.54) is 0 Å². The lowest BCUT2D eigenvalue weighted by atomic mass is 10.1. The molecule has 1 aromatic heterocycles. The van der Waals surface area contributed by atoms with E-state index in [0.717, 1.165) is 29.7 Å². The molecule has 0 saturated carbocycles. The molecule has 32 heavy (non-hydrogen) atoms. The second kappa shape index (κ2) is 10.1. The molecule has 3 aromatic rings. The lowest BCUT2D eigenvalue weighted by Gasteiger charge is -2.31. The molecule has 0 fully saturated rings. The molecule has 170 valence electrons. The maximum Gasteiger partial charge on any atom is 0.266 e. The first kappa shape index (κ1) is 23.7. The van der Waals surface area contributed by atoms with Crippen molar-refractivity contribution >= 4 is 16.8 Å². The predicted molar refractivity (Wildman–Crippen MR) is 131 cm³/mol. The largest absolute Gasteiger partial charge is 0.333 e. The third-order valence-corrected chi connectivity index (χ3v) is 5.97. The van der Waals surface area contributed by atoms with Gasteiger partial charge in [-0.3, -0.25) is 14.2 Å². The summed E-state index contributed by atoms with van der Waals surface area (Å²) in [5.41, 5.74) is 3.52. The number of hydrogen-bond acceptors (Lipinski definition) is 3. The molecule has 0 aliphatic heterocycles. The molecule has 3 rings (SSSR count). The summed E-state index contributed by atoms with van der Waals surface area (Å²) in [6.45, 7) is 13.0. The lowest BCUT2D eigenvalue weighted by molar-refractivity contribution is -0.133. The van der Waals surface area contributed by atoms with Gasteiger partial charge in [-0.25, -0.2) is 4.98 Å². The highest BCUT2D eigenvalue weighted by molar-refractivity contribution is 5.79. The van der Waals surface area contributed by atoms with Crippen LogP contribution < -0.4 is 5.56 Å². The Bertz CT molecular complexity index is 1160. The number of rotatable bonds is 8. The SMILES string of the molecule is CCCC(=O)N(CCC(C)C)C(C)c1nc2ccccc2c(=O)n1-c1ccc(C)cc1C. The van der Waals surface area contributed by atoms with Crippen molar-refractivity contribution in [3.05, 3.63) is 69.8 Å². The van der Waals surface area contributed by atoms with Crippen LogP contribution in [0, 0.1) is 19.8 Å². The Labute approximate surface area is 191 Å². The Morgan fingerprint density at radius 3 is 2.47 bits per heavy atom. The van der Waals surface area contributed by atoms with Crippen molar-refractivity contribution < 1.29 is 4.79 Å². The van der Waals surface area contributed by atoms with Gasteiger partial charge in [-0.1, -0.05) is 50.6 Å². The summed E-state index contributed by atoms with van der Waals surface area (Å²) in [6, 6.07) is 13.2. The van der Waals surface area contributed by atoms with Gasteiger partial charge in [0, 0.05) is 13.0 Å². The van der Waals surface area contributed by atoms with Crippen LogP contribution in [0.5, 0.6) is 0 Å². The van der Waals surface area contributed by atoms with Crippen molar-refractivity contribution in [3.8, 4) is 5.69 Å². The van der Waals surface area contributed by atoms with Crippen LogP contribution in [0.2, 0.25) is 0 Å². The number of carbonyl (C=O) groups excluding carboxylic acids is 1. The predicted octanol–water partition coefficient (Wildman–Crippen LogP) is 5.74. The molecular formula is C27H35N3O2. The topological polar surface area (TPSA) is 55.2 Å². The summed E-state index contributed by atoms with van der Waals surface area (Å²) in [7, 11) is 0. The summed E-state index contributed by atoms with van der Waals surface area (Å²) >= 11 is 0. The molecule has 1 unspecified atom stereocenters. The van der Waals surface area contributed by atoms with Gasteiger partial charge >= 0.3 is 0 Å². The van der Waals surface area contributed by atoms with Crippen molar-refractivity contribution in [2.75, 3.05) is 6.54 Å². The molecule has 5 heteroatoms. The summed E-state index contributed by atoms with van der Waals surface area (Å²) in [5.74, 6) is 1.19. The number of aromatic nitrogens is 2. The standard InChI is InChI=1S/C27H35N3O2/c1-7-10-25(31)29(16-15-18(2)3)21(6)26-28-23-12-9-8-11-22(23)27(32)30(26)24-14-13-19(4)17-20(24)5/h8-9,11-14,17-18,21H,7,10,15-16H2,1-6H3. The van der Waals surface area contributed by atoms with Crippen molar-refractivity contribution in [2.24, 2.45) is 5.92 Å². The van der Waals surface area contributed by atoms with Gasteiger partial charge in [-0.15, -0.1) is 0 Å². The van der Waals surface area contributed by atoms with Gasteiger partial charge in [-0.05, 0) is 63.3 Å². The average Bonchev–Trinajstić information content (AvgIpc) is 2.74. The van der Waals surface area contributed by atoms with Crippen LogP contribution in [0.3, 0.4) is 0 Å². The van der Waals surface area contributed by atoms with Crippen LogP contribution in [-0.2, 0) is 4.79 Å². The van der Waals surface area contributed by atoms with Crippen molar-refractivity contribution in [1.82, 2.24) is 14.5 Å². The van der Waals surface area contributed by atoms with E-state index in [1.807, 2.05) is 69.0 Å². The van der Waals surface area contributed by atoms with Crippen LogP contribution in [0.15, 0.2) is 47.3 Å². The number of amides is 1. The van der Waals surface area contributed by atoms with E-state index < -0.39 is 0 Å². The van der Waals surface area contributed by atoms with E-state index in [-0.39, 0.29) is 17.5 Å². The molecule has 5 nitrogen and oxygen atoms in total. The first-order valence-corrected chi connectivity index (χ1v) is 11.6. The van der Waals surface area contributed by atoms with Crippen LogP contribution in [0.4, 0.5) is 0 Å². The number of para-hydroxylation sites is 1. The van der Waals surface area contributed by atoms with E-state index >= 15 is 0 Å². The number of hydrogen-bond donors (Lipinski definition) is 0. The van der Waals surface area contributed by atoms with Gasteiger partial charge in [0.05, 0.1) is 22.6 Å². The fourth-order valence-electron chi connectivity index (χ4n) is 4.15. The number of carbonyl (C=O) groups is 1. The fraction of sp³-hybridized carbons (Fsp3) is 0.444. The Morgan fingerprint density at radius 1 is 1.09 bits per heavy atom. The number of fused-ring (bicyclic) bond motifs is 1. The van der Waals surface area contributed by atoms with Crippen molar-refractivity contribution in [1.29, 1.82) is 0 Å². The summed E-state index contributed by atoms with van der Waals surface area (Å²) in [4.78, 5) is 33.6. The van der Waals surface area contributed by atoms with Crippen LogP contribution >= 0.6 is 0 Å². The summed E-state index contributed by atoms with van der Waals surface area (Å²) < 4.78 is 1.71. The zero-order chi connectivity index (χ0) is 23.4. The van der Waals surface area contributed by atoms with E-state index in [4.69, 9.17) is 4.98 Å². The fourth-order valence-corrected chi connectivity index (χ4v) is 4.15. The molecule has 0 aliphatic rings. The maximum atomic E-state index is 13.7. The smallest absolute Gasteiger partial charge is 0.266 e. The highest BCUT2D eigenvalue weighted by atomic mass is 16.2. The van der Waals surface area contributed by atoms with Crippen molar-refractivity contribution in [3.63, 3.8) is 0 Å². The minimum absolute atomic E-state index is 0.101. The van der Waals surface area contributed by atoms with Gasteiger partial charge in [0.15, 0.2) is 0 Å². The highest BCUT2D eigenvalue weighted by Gasteiger charge is 2.26. The molecule has 1 heterocycles. The normalized spacial score (nSPS) is 12.3. The molecule has 0 radical (unpaired) electrons. The van der Waals surface area contributed by atoms with Gasteiger partial charge in [0.1, 0.15) is 5.82 Å². The molecular weight excluding hydrogens is 398 g/mol. The Kier molecular flexibility index (Phi) is 7.49. The minimum atomic E-state index is -0.328. The van der Waals surface area contributed by atoms with E-state index in [0.29, 0.717) is 35.6 Å². The lowest BCUT2D eigenvalue weighted by Crippen LogP contribution is -2.38. The highest BCUT2D eigenvalue weighted by Crippen LogP contribution is 2.26. The van der Waals surface area contributed by atoms with Gasteiger partial charge in [-0.2, -0.15) is 0 Å². The summed E-state index contributed by atoms with van der Waals surface area (Å²) in [5, 5.41) is 0.581. The maximum absolute atomic E-state index is 13.7. The monoisotopic (exact) mass is 433 g/mol. The molecule has 2 aromatic carbocycles. The van der Waals surface area contributed by atoms with E-state index in [1.54, 1.807) is 4.57 Å². The van der Waals surface area contributed by atoms with Gasteiger partial charge < -0.3 is 4.90 Å². The number of benzene rings is 2. The minimum Gasteiger partial charge on any atom is -0.333 e. The van der Waals surface area contributed by atoms with E-state index in [9.17, 15) is 9.59 Å². The number of nitrogens with zero attached hydrogens (tertiary/aromatic N) is 3. The Hall–Kier alpha value is -2.95. The molecule has 0 saturated heterocycles. The van der Waals surface area contributed by atoms with Crippen LogP contribution in [0.1, 0.15) is 70.0 Å². The molecule has 1 amide bonds. The van der Waals surface area contributed by atoms with Crippen LogP contribution in [-0.4, -0.2) is 26.9 Å². The van der Waals surface area contributed by atoms with E-state index in [2.05, 4.69) is 19.9 Å². The Morgan fingerprint density at radius 2 is 1.81 bits per heavy atom. The second-order valence-electron chi connectivity index (χ2n) is 9.11.